The molecule has 0 spiro atoms. The molecular weight excluding hydrogens is 578 g/mol. The molecule has 236 valence electrons. The van der Waals surface area contributed by atoms with Crippen molar-refractivity contribution in [3.8, 4) is 0 Å². The third kappa shape index (κ3) is 14.1. The van der Waals surface area contributed by atoms with Crippen molar-refractivity contribution in [3.63, 3.8) is 0 Å². The molecule has 0 radical (unpaired) electrons. The Bertz CT molecular complexity index is 1370. The maximum atomic E-state index is 12.8. The molecule has 2 aromatic rings. The van der Waals surface area contributed by atoms with Gasteiger partial charge in [-0.25, -0.2) is 18.2 Å². The number of nitrogens with zero attached hydrogens (tertiary/aromatic N) is 1. The van der Waals surface area contributed by atoms with Crippen molar-refractivity contribution in [1.29, 1.82) is 0 Å². The first-order chi connectivity index (χ1) is 19.9. The summed E-state index contributed by atoms with van der Waals surface area (Å²) in [6.45, 7) is 9.39. The summed E-state index contributed by atoms with van der Waals surface area (Å²) in [7, 11) is -4.09. The number of ether oxygens (including phenoxy) is 2. The van der Waals surface area contributed by atoms with Crippen molar-refractivity contribution < 1.29 is 37.1 Å². The fourth-order valence-corrected chi connectivity index (χ4v) is 4.68. The number of aromatic nitrogens is 1. The molecule has 0 bridgehead atoms. The van der Waals surface area contributed by atoms with Gasteiger partial charge in [-0.15, -0.1) is 0 Å². The van der Waals surface area contributed by atoms with Gasteiger partial charge in [0.1, 0.15) is 23.1 Å². The van der Waals surface area contributed by atoms with Crippen LogP contribution in [0.3, 0.4) is 0 Å². The second-order valence-corrected chi connectivity index (χ2v) is 13.3. The largest absolute Gasteiger partial charge is 0.459 e. The molecule has 3 amide bonds. The van der Waals surface area contributed by atoms with Crippen LogP contribution < -0.4 is 20.7 Å². The van der Waals surface area contributed by atoms with Crippen LogP contribution in [0.1, 0.15) is 60.1 Å². The van der Waals surface area contributed by atoms with E-state index in [0.717, 1.165) is 0 Å². The van der Waals surface area contributed by atoms with Crippen molar-refractivity contribution in [2.45, 2.75) is 82.9 Å². The predicted molar refractivity (Wildman–Crippen MR) is 159 cm³/mol. The van der Waals surface area contributed by atoms with Gasteiger partial charge >= 0.3 is 12.1 Å². The van der Waals surface area contributed by atoms with E-state index < -0.39 is 51.8 Å². The molecule has 0 aliphatic carbocycles. The summed E-state index contributed by atoms with van der Waals surface area (Å²) in [4.78, 5) is 53.6. The lowest BCUT2D eigenvalue weighted by molar-refractivity contribution is -0.156. The Hall–Kier alpha value is -4.04. The summed E-state index contributed by atoms with van der Waals surface area (Å²) >= 11 is 0. The number of nitrogens with one attached hydrogen (secondary N) is 4. The molecule has 2 rings (SSSR count). The van der Waals surface area contributed by atoms with E-state index in [4.69, 9.17) is 9.47 Å². The molecule has 0 aliphatic heterocycles. The maximum absolute atomic E-state index is 12.8. The first-order valence-corrected chi connectivity index (χ1v) is 15.2. The Morgan fingerprint density at radius 3 is 2.12 bits per heavy atom. The fourth-order valence-electron chi connectivity index (χ4n) is 3.47. The van der Waals surface area contributed by atoms with Crippen molar-refractivity contribution in [2.24, 2.45) is 0 Å². The standard InChI is InChI=1S/C29H41N5O8S/c1-28(2,3)41-26(37)22(34-43(39,40)21-14-8-7-9-15-21)18-30-25(36)19-31-24(35)17-11-13-20-12-10-16-23(32-20)33-27(38)42-29(4,5)6/h7-10,12,14-16,22,34H,11,13,17-19H2,1-6H3,(H,30,36)(H,31,35)(H,32,33,38). The van der Waals surface area contributed by atoms with Crippen molar-refractivity contribution >= 4 is 39.7 Å². The Morgan fingerprint density at radius 1 is 0.837 bits per heavy atom. The van der Waals surface area contributed by atoms with E-state index in [9.17, 15) is 27.6 Å². The van der Waals surface area contributed by atoms with Crippen LogP contribution >= 0.6 is 0 Å². The Balaban J connectivity index is 1.84. The molecule has 1 aromatic carbocycles. The SMILES string of the molecule is CC(C)(C)OC(=O)Nc1cccc(CCCC(=O)NCC(=O)NCC(NS(=O)(=O)c2ccccc2)C(=O)OC(C)(C)C)n1. The van der Waals surface area contributed by atoms with E-state index in [1.807, 2.05) is 0 Å². The number of aryl methyl sites for hydroxylation is 1. The highest BCUT2D eigenvalue weighted by Gasteiger charge is 2.30. The molecule has 43 heavy (non-hydrogen) atoms. The molecule has 13 nitrogen and oxygen atoms in total. The van der Waals surface area contributed by atoms with Crippen molar-refractivity contribution in [2.75, 3.05) is 18.4 Å². The highest BCUT2D eigenvalue weighted by molar-refractivity contribution is 7.89. The minimum absolute atomic E-state index is 0.0524. The number of carbonyl (C=O) groups excluding carboxylic acids is 4. The molecule has 1 unspecified atom stereocenters. The van der Waals surface area contributed by atoms with Gasteiger partial charge in [-0.05, 0) is 78.6 Å². The van der Waals surface area contributed by atoms with E-state index in [0.29, 0.717) is 24.4 Å². The van der Waals surface area contributed by atoms with Gasteiger partial charge in [-0.3, -0.25) is 19.7 Å². The Labute approximate surface area is 252 Å². The summed E-state index contributed by atoms with van der Waals surface area (Å²) in [5, 5.41) is 7.52. The minimum Gasteiger partial charge on any atom is -0.459 e. The first kappa shape index (κ1) is 35.2. The maximum Gasteiger partial charge on any atom is 0.413 e. The molecule has 4 N–H and O–H groups in total. The second-order valence-electron chi connectivity index (χ2n) is 11.6. The van der Waals surface area contributed by atoms with Gasteiger partial charge < -0.3 is 20.1 Å². The summed E-state index contributed by atoms with van der Waals surface area (Å²) in [6.07, 6.45) is 0.359. The number of hydrogen-bond acceptors (Lipinski definition) is 9. The highest BCUT2D eigenvalue weighted by atomic mass is 32.2. The zero-order valence-corrected chi connectivity index (χ0v) is 26.2. The van der Waals surface area contributed by atoms with Crippen LogP contribution in [0.2, 0.25) is 0 Å². The third-order valence-electron chi connectivity index (χ3n) is 5.26. The van der Waals surface area contributed by atoms with Gasteiger partial charge in [-0.2, -0.15) is 4.72 Å². The van der Waals surface area contributed by atoms with E-state index in [2.05, 4.69) is 25.7 Å². The normalized spacial score (nSPS) is 12.5. The summed E-state index contributed by atoms with van der Waals surface area (Å²) in [5.41, 5.74) is -0.881. The van der Waals surface area contributed by atoms with E-state index in [1.165, 1.54) is 12.1 Å². The average Bonchev–Trinajstić information content (AvgIpc) is 2.88. The molecule has 1 aromatic heterocycles. The number of sulfonamides is 1. The molecule has 0 saturated heterocycles. The fraction of sp³-hybridized carbons (Fsp3) is 0.483. The molecule has 0 fully saturated rings. The molecule has 0 aliphatic rings. The van der Waals surface area contributed by atoms with Gasteiger partial charge in [0.15, 0.2) is 0 Å². The highest BCUT2D eigenvalue weighted by Crippen LogP contribution is 2.13. The van der Waals surface area contributed by atoms with Gasteiger partial charge in [-0.1, -0.05) is 24.3 Å². The number of benzene rings is 1. The summed E-state index contributed by atoms with van der Waals surface area (Å²) in [5.74, 6) is -1.55. The van der Waals surface area contributed by atoms with E-state index >= 15 is 0 Å². The number of hydrogen-bond donors (Lipinski definition) is 4. The summed E-state index contributed by atoms with van der Waals surface area (Å²) < 4.78 is 38.4. The van der Waals surface area contributed by atoms with Gasteiger partial charge in [0.25, 0.3) is 0 Å². The van der Waals surface area contributed by atoms with Crippen molar-refractivity contribution in [3.05, 3.63) is 54.2 Å². The van der Waals surface area contributed by atoms with Crippen LogP contribution in [0.4, 0.5) is 10.6 Å². The first-order valence-electron chi connectivity index (χ1n) is 13.7. The second kappa shape index (κ2) is 15.4. The smallest absolute Gasteiger partial charge is 0.413 e. The monoisotopic (exact) mass is 619 g/mol. The average molecular weight is 620 g/mol. The van der Waals surface area contributed by atoms with Crippen molar-refractivity contribution in [1.82, 2.24) is 20.3 Å². The number of anilines is 1. The Kier molecular flexibility index (Phi) is 12.6. The minimum atomic E-state index is -4.09. The number of amides is 3. The van der Waals surface area contributed by atoms with Crippen LogP contribution in [0.5, 0.6) is 0 Å². The van der Waals surface area contributed by atoms with Gasteiger partial charge in [0.05, 0.1) is 11.4 Å². The van der Waals surface area contributed by atoms with E-state index in [-0.39, 0.29) is 23.8 Å². The predicted octanol–water partition coefficient (Wildman–Crippen LogP) is 2.67. The summed E-state index contributed by atoms with van der Waals surface area (Å²) in [6, 6.07) is 11.2. The van der Waals surface area contributed by atoms with Gasteiger partial charge in [0, 0.05) is 18.7 Å². The topological polar surface area (TPSA) is 182 Å². The van der Waals surface area contributed by atoms with Crippen LogP contribution in [0.25, 0.3) is 0 Å². The lowest BCUT2D eigenvalue weighted by atomic mass is 10.1. The molecule has 1 heterocycles. The quantitative estimate of drug-likeness (QED) is 0.245. The molecule has 0 saturated carbocycles. The number of carbonyl (C=O) groups is 4. The lowest BCUT2D eigenvalue weighted by Crippen LogP contribution is -2.51. The van der Waals surface area contributed by atoms with Gasteiger partial charge in [0.2, 0.25) is 21.8 Å². The third-order valence-corrected chi connectivity index (χ3v) is 6.75. The molecular formula is C29H41N5O8S. The van der Waals surface area contributed by atoms with E-state index in [1.54, 1.807) is 77.9 Å². The number of pyridine rings is 1. The number of rotatable bonds is 13. The zero-order valence-electron chi connectivity index (χ0n) is 25.4. The van der Waals surface area contributed by atoms with Crippen LogP contribution in [-0.2, 0) is 40.3 Å². The molecule has 14 heteroatoms. The molecule has 1 atom stereocenters. The van der Waals surface area contributed by atoms with Crippen LogP contribution in [-0.4, -0.2) is 67.6 Å². The lowest BCUT2D eigenvalue weighted by Gasteiger charge is -2.24. The Morgan fingerprint density at radius 2 is 1.49 bits per heavy atom. The van der Waals surface area contributed by atoms with Crippen LogP contribution in [0, 0.1) is 0 Å². The zero-order chi connectivity index (χ0) is 32.3. The van der Waals surface area contributed by atoms with Crippen LogP contribution in [0.15, 0.2) is 53.4 Å². The number of esters is 1.